The van der Waals surface area contributed by atoms with Crippen LogP contribution in [0.3, 0.4) is 0 Å². The summed E-state index contributed by atoms with van der Waals surface area (Å²) in [6.45, 7) is 4.48. The van der Waals surface area contributed by atoms with Crippen molar-refractivity contribution >= 4 is 33.4 Å². The zero-order chi connectivity index (χ0) is 16.4. The largest absolute Gasteiger partial charge is 0.459 e. The lowest BCUT2D eigenvalue weighted by Crippen LogP contribution is -2.51. The number of thiazole rings is 1. The van der Waals surface area contributed by atoms with Gasteiger partial charge in [0.25, 0.3) is 0 Å². The van der Waals surface area contributed by atoms with Crippen LogP contribution in [0.25, 0.3) is 10.2 Å². The van der Waals surface area contributed by atoms with Crippen molar-refractivity contribution in [2.75, 3.05) is 19.8 Å². The van der Waals surface area contributed by atoms with E-state index in [1.54, 1.807) is 28.7 Å². The molecule has 2 atom stereocenters. The molecule has 2 heterocycles. The summed E-state index contributed by atoms with van der Waals surface area (Å²) < 4.78 is 11.5. The number of hydrogen-bond acceptors (Lipinski definition) is 6. The molecule has 0 unspecified atom stereocenters. The summed E-state index contributed by atoms with van der Waals surface area (Å²) in [5, 5.41) is 0. The summed E-state index contributed by atoms with van der Waals surface area (Å²) in [5.41, 5.74) is 3.58. The van der Waals surface area contributed by atoms with Crippen molar-refractivity contribution in [3.8, 4) is 0 Å². The van der Waals surface area contributed by atoms with Gasteiger partial charge in [-0.15, -0.1) is 11.3 Å². The molecule has 122 valence electrons. The second-order valence-electron chi connectivity index (χ2n) is 5.41. The SMILES string of the molecule is CCOC(=O)C(=O)N1[C@H](C)COC[C@@H]1c1ccc2scnc2c1. The first-order valence-electron chi connectivity index (χ1n) is 7.52. The maximum atomic E-state index is 12.5. The van der Waals surface area contributed by atoms with E-state index in [-0.39, 0.29) is 18.7 Å². The molecule has 0 radical (unpaired) electrons. The monoisotopic (exact) mass is 334 g/mol. The van der Waals surface area contributed by atoms with Gasteiger partial charge in [-0.05, 0) is 31.5 Å². The number of benzene rings is 1. The Morgan fingerprint density at radius 3 is 3.04 bits per heavy atom. The molecule has 7 heteroatoms. The Hall–Kier alpha value is -1.99. The van der Waals surface area contributed by atoms with Crippen LogP contribution in [0.5, 0.6) is 0 Å². The molecule has 1 aliphatic heterocycles. The number of rotatable bonds is 2. The Kier molecular flexibility index (Phi) is 4.58. The minimum Gasteiger partial charge on any atom is -0.459 e. The lowest BCUT2D eigenvalue weighted by Gasteiger charge is -2.40. The molecule has 0 saturated carbocycles. The molecule has 0 aliphatic carbocycles. The molecule has 1 amide bonds. The van der Waals surface area contributed by atoms with Crippen LogP contribution in [0.4, 0.5) is 0 Å². The predicted octanol–water partition coefficient (Wildman–Crippen LogP) is 2.15. The number of aromatic nitrogens is 1. The average molecular weight is 334 g/mol. The molecule has 1 aliphatic rings. The lowest BCUT2D eigenvalue weighted by atomic mass is 10.0. The van der Waals surface area contributed by atoms with Gasteiger partial charge in [0, 0.05) is 0 Å². The van der Waals surface area contributed by atoms with E-state index >= 15 is 0 Å². The van der Waals surface area contributed by atoms with Crippen LogP contribution in [0.1, 0.15) is 25.5 Å². The molecule has 2 aromatic rings. The molecular formula is C16H18N2O4S. The van der Waals surface area contributed by atoms with E-state index in [9.17, 15) is 9.59 Å². The Labute approximate surface area is 138 Å². The molecule has 0 spiro atoms. The number of hydrogen-bond donors (Lipinski definition) is 0. The highest BCUT2D eigenvalue weighted by molar-refractivity contribution is 7.16. The fraction of sp³-hybridized carbons (Fsp3) is 0.438. The molecule has 1 saturated heterocycles. The third-order valence-electron chi connectivity index (χ3n) is 3.87. The van der Waals surface area contributed by atoms with E-state index in [1.807, 2.05) is 25.1 Å². The molecule has 1 aromatic heterocycles. The van der Waals surface area contributed by atoms with E-state index in [4.69, 9.17) is 9.47 Å². The van der Waals surface area contributed by atoms with E-state index < -0.39 is 11.9 Å². The van der Waals surface area contributed by atoms with Crippen molar-refractivity contribution in [2.45, 2.75) is 25.9 Å². The number of ether oxygens (including phenoxy) is 2. The number of fused-ring (bicyclic) bond motifs is 1. The summed E-state index contributed by atoms with van der Waals surface area (Å²) in [5.74, 6) is -1.44. The van der Waals surface area contributed by atoms with Gasteiger partial charge in [0.2, 0.25) is 0 Å². The Morgan fingerprint density at radius 1 is 1.43 bits per heavy atom. The maximum absolute atomic E-state index is 12.5. The number of carbonyl (C=O) groups is 2. The zero-order valence-electron chi connectivity index (χ0n) is 13.0. The van der Waals surface area contributed by atoms with Crippen molar-refractivity contribution in [3.63, 3.8) is 0 Å². The summed E-state index contributed by atoms with van der Waals surface area (Å²) in [4.78, 5) is 30.2. The first-order chi connectivity index (χ1) is 11.1. The molecule has 3 rings (SSSR count). The molecular weight excluding hydrogens is 316 g/mol. The first-order valence-corrected chi connectivity index (χ1v) is 8.40. The molecule has 1 aromatic carbocycles. The Balaban J connectivity index is 1.93. The van der Waals surface area contributed by atoms with Gasteiger partial charge in [-0.2, -0.15) is 0 Å². The van der Waals surface area contributed by atoms with E-state index in [2.05, 4.69) is 4.98 Å². The second kappa shape index (κ2) is 6.64. The van der Waals surface area contributed by atoms with Crippen LogP contribution in [0.2, 0.25) is 0 Å². The quantitative estimate of drug-likeness (QED) is 0.622. The summed E-state index contributed by atoms with van der Waals surface area (Å²) in [6.07, 6.45) is 0. The lowest BCUT2D eigenvalue weighted by molar-refractivity contribution is -0.167. The zero-order valence-corrected chi connectivity index (χ0v) is 13.8. The van der Waals surface area contributed by atoms with Crippen molar-refractivity contribution in [1.29, 1.82) is 0 Å². The van der Waals surface area contributed by atoms with Crippen LogP contribution in [-0.2, 0) is 19.1 Å². The molecule has 6 nitrogen and oxygen atoms in total. The topological polar surface area (TPSA) is 68.7 Å². The van der Waals surface area contributed by atoms with Gasteiger partial charge in [-0.3, -0.25) is 4.79 Å². The molecule has 23 heavy (non-hydrogen) atoms. The van der Waals surface area contributed by atoms with Crippen molar-refractivity contribution in [3.05, 3.63) is 29.3 Å². The highest BCUT2D eigenvalue weighted by atomic mass is 32.1. The number of nitrogens with zero attached hydrogens (tertiary/aromatic N) is 2. The Morgan fingerprint density at radius 2 is 2.26 bits per heavy atom. The van der Waals surface area contributed by atoms with E-state index in [0.717, 1.165) is 15.8 Å². The molecule has 1 fully saturated rings. The fourth-order valence-corrected chi connectivity index (χ4v) is 3.46. The normalized spacial score (nSPS) is 21.4. The first kappa shape index (κ1) is 15.9. The van der Waals surface area contributed by atoms with Crippen LogP contribution < -0.4 is 0 Å². The number of esters is 1. The summed E-state index contributed by atoms with van der Waals surface area (Å²) in [6, 6.07) is 5.37. The van der Waals surface area contributed by atoms with Gasteiger partial charge in [0.15, 0.2) is 0 Å². The number of morpholine rings is 1. The number of carbonyl (C=O) groups excluding carboxylic acids is 2. The van der Waals surface area contributed by atoms with Crippen LogP contribution >= 0.6 is 11.3 Å². The Bertz CT molecular complexity index is 730. The fourth-order valence-electron chi connectivity index (χ4n) is 2.80. The third kappa shape index (κ3) is 3.07. The van der Waals surface area contributed by atoms with Gasteiger partial charge in [-0.1, -0.05) is 6.07 Å². The van der Waals surface area contributed by atoms with Crippen LogP contribution in [-0.4, -0.2) is 47.6 Å². The van der Waals surface area contributed by atoms with Crippen LogP contribution in [0, 0.1) is 0 Å². The van der Waals surface area contributed by atoms with E-state index in [1.165, 1.54) is 0 Å². The van der Waals surface area contributed by atoms with Crippen molar-refractivity contribution in [2.24, 2.45) is 0 Å². The van der Waals surface area contributed by atoms with Crippen molar-refractivity contribution < 1.29 is 19.1 Å². The van der Waals surface area contributed by atoms with Gasteiger partial charge in [-0.25, -0.2) is 9.78 Å². The minimum absolute atomic E-state index is 0.179. The molecule has 0 N–H and O–H groups in total. The summed E-state index contributed by atoms with van der Waals surface area (Å²) >= 11 is 1.56. The standard InChI is InChI=1S/C16H18N2O4S/c1-3-22-16(20)15(19)18-10(2)7-21-8-13(18)11-4-5-14-12(6-11)17-9-23-14/h4-6,9-10,13H,3,7-8H2,1-2H3/t10-,13-/m1/s1. The minimum atomic E-state index is -0.819. The van der Waals surface area contributed by atoms with Gasteiger partial charge in [0.05, 0.1) is 47.6 Å². The van der Waals surface area contributed by atoms with Crippen LogP contribution in [0.15, 0.2) is 23.7 Å². The predicted molar refractivity (Wildman–Crippen MR) is 86.1 cm³/mol. The number of amides is 1. The van der Waals surface area contributed by atoms with Gasteiger partial charge >= 0.3 is 11.9 Å². The average Bonchev–Trinajstić information content (AvgIpc) is 3.01. The van der Waals surface area contributed by atoms with Crippen molar-refractivity contribution in [1.82, 2.24) is 9.88 Å². The maximum Gasteiger partial charge on any atom is 0.397 e. The highest BCUT2D eigenvalue weighted by Gasteiger charge is 2.37. The third-order valence-corrected chi connectivity index (χ3v) is 4.68. The smallest absolute Gasteiger partial charge is 0.397 e. The highest BCUT2D eigenvalue weighted by Crippen LogP contribution is 2.30. The second-order valence-corrected chi connectivity index (χ2v) is 6.30. The van der Waals surface area contributed by atoms with E-state index in [0.29, 0.717) is 13.2 Å². The molecule has 0 bridgehead atoms. The van der Waals surface area contributed by atoms with Gasteiger partial charge in [0.1, 0.15) is 0 Å². The van der Waals surface area contributed by atoms with Gasteiger partial charge < -0.3 is 14.4 Å². The summed E-state index contributed by atoms with van der Waals surface area (Å²) in [7, 11) is 0.